The maximum atomic E-state index is 14.4. The molecule has 3 saturated heterocycles. The van der Waals surface area contributed by atoms with Crippen molar-refractivity contribution in [3.8, 4) is 0 Å². The van der Waals surface area contributed by atoms with Crippen LogP contribution in [0.1, 0.15) is 72.5 Å². The lowest BCUT2D eigenvalue weighted by atomic mass is 9.44. The predicted octanol–water partition coefficient (Wildman–Crippen LogP) is 3.07. The lowest BCUT2D eigenvalue weighted by Crippen LogP contribution is -2.70. The molecule has 2 bridgehead atoms. The number of rotatable bonds is 6. The summed E-state index contributed by atoms with van der Waals surface area (Å²) in [6.45, 7) is 14.6. The van der Waals surface area contributed by atoms with E-state index >= 15 is 0 Å². The van der Waals surface area contributed by atoms with Crippen molar-refractivity contribution >= 4 is 23.7 Å². The normalized spacial score (nSPS) is 41.3. The standard InChI is InChI=1S/C32H42O11/c1-9-15(2)27(37)42-22-24(36)29(4,5)23(21(35)28(38)39-8)31(7)18-12-30(6)25(17-10-11-40-14-17)41-19(33)13-32(30,43-26(22)31)16(3)20(18)34/h10-11,14-15,18,21-26,35-36H,3,9,12-13H2,1-2,4-8H3/t15?,18-,21-,22-,23-,24+,25-,26-,30-,31+,32-/m0/s1. The second kappa shape index (κ2) is 10.3. The molecule has 1 aromatic heterocycles. The average Bonchev–Trinajstić information content (AvgIpc) is 3.46. The van der Waals surface area contributed by atoms with Crippen LogP contribution < -0.4 is 0 Å². The molecule has 11 atom stereocenters. The summed E-state index contributed by atoms with van der Waals surface area (Å²) in [4.78, 5) is 53.9. The van der Waals surface area contributed by atoms with Crippen molar-refractivity contribution in [2.45, 2.75) is 96.9 Å². The summed E-state index contributed by atoms with van der Waals surface area (Å²) in [6.07, 6.45) is -3.49. The number of hydrogen-bond acceptors (Lipinski definition) is 11. The smallest absolute Gasteiger partial charge is 0.335 e. The molecule has 2 N–H and O–H groups in total. The number of hydrogen-bond donors (Lipinski definition) is 2. The molecule has 43 heavy (non-hydrogen) atoms. The topological polar surface area (TPSA) is 159 Å². The van der Waals surface area contributed by atoms with Crippen LogP contribution in [0.5, 0.6) is 0 Å². The maximum absolute atomic E-state index is 14.4. The van der Waals surface area contributed by atoms with Crippen molar-refractivity contribution in [2.75, 3.05) is 7.11 Å². The highest BCUT2D eigenvalue weighted by molar-refractivity contribution is 6.02. The molecule has 1 unspecified atom stereocenters. The van der Waals surface area contributed by atoms with Gasteiger partial charge in [-0.1, -0.05) is 48.1 Å². The molecule has 4 heterocycles. The quantitative estimate of drug-likeness (QED) is 0.280. The van der Waals surface area contributed by atoms with Crippen LogP contribution >= 0.6 is 0 Å². The number of cyclic esters (lactones) is 1. The first-order valence-electron chi connectivity index (χ1n) is 14.8. The Labute approximate surface area is 250 Å². The molecule has 0 amide bonds. The number of ketones is 1. The predicted molar refractivity (Wildman–Crippen MR) is 149 cm³/mol. The summed E-state index contributed by atoms with van der Waals surface area (Å²) in [5.41, 5.74) is -4.81. The zero-order valence-electron chi connectivity index (χ0n) is 25.7. The van der Waals surface area contributed by atoms with E-state index in [2.05, 4.69) is 6.58 Å². The maximum Gasteiger partial charge on any atom is 0.335 e. The van der Waals surface area contributed by atoms with Gasteiger partial charge in [-0.2, -0.15) is 0 Å². The SMILES string of the molecule is C=C1C(=O)[C@@H]2C[C@@]3(C)[C@H](c4ccoc4)OC(=O)C[C@]13O[C@H]1[C@@H](OC(=O)C(C)CC)[C@@H](O)C(C)(C)[C@H]([C@H](O)C(=O)OC)[C@@]21C. The van der Waals surface area contributed by atoms with E-state index in [1.165, 1.54) is 12.5 Å². The van der Waals surface area contributed by atoms with E-state index in [0.717, 1.165) is 7.11 Å². The van der Waals surface area contributed by atoms with Crippen molar-refractivity contribution in [3.05, 3.63) is 36.3 Å². The van der Waals surface area contributed by atoms with Crippen LogP contribution in [0.25, 0.3) is 0 Å². The Morgan fingerprint density at radius 3 is 2.44 bits per heavy atom. The highest BCUT2D eigenvalue weighted by Gasteiger charge is 2.78. The fourth-order valence-corrected chi connectivity index (χ4v) is 8.66. The van der Waals surface area contributed by atoms with E-state index < -0.39 is 88.0 Å². The number of furan rings is 1. The molecule has 11 heteroatoms. The molecule has 5 aliphatic rings. The van der Waals surface area contributed by atoms with E-state index in [4.69, 9.17) is 23.4 Å². The lowest BCUT2D eigenvalue weighted by molar-refractivity contribution is -0.289. The molecule has 11 nitrogen and oxygen atoms in total. The molecular formula is C32H42O11. The summed E-state index contributed by atoms with van der Waals surface area (Å²) >= 11 is 0. The summed E-state index contributed by atoms with van der Waals surface area (Å²) < 4.78 is 29.2. The number of fused-ring (bicyclic) bond motifs is 1. The van der Waals surface area contributed by atoms with Crippen LogP contribution in [0.3, 0.4) is 0 Å². The molecule has 1 aromatic rings. The van der Waals surface area contributed by atoms with Gasteiger partial charge in [0.15, 0.2) is 18.0 Å². The first-order chi connectivity index (χ1) is 20.0. The Morgan fingerprint density at radius 1 is 1.19 bits per heavy atom. The number of carbonyl (C=O) groups is 4. The van der Waals surface area contributed by atoms with E-state index in [1.54, 1.807) is 33.8 Å². The highest BCUT2D eigenvalue weighted by atomic mass is 16.6. The summed E-state index contributed by atoms with van der Waals surface area (Å²) in [5.74, 6) is -5.09. The van der Waals surface area contributed by atoms with E-state index in [-0.39, 0.29) is 24.2 Å². The fourth-order valence-electron chi connectivity index (χ4n) is 8.66. The number of aliphatic hydroxyl groups excluding tert-OH is 2. The van der Waals surface area contributed by atoms with Gasteiger partial charge in [0.25, 0.3) is 0 Å². The van der Waals surface area contributed by atoms with Crippen LogP contribution in [0.2, 0.25) is 0 Å². The van der Waals surface area contributed by atoms with Gasteiger partial charge in [-0.25, -0.2) is 4.79 Å². The second-order valence-corrected chi connectivity index (χ2v) is 13.8. The Kier molecular flexibility index (Phi) is 7.50. The van der Waals surface area contributed by atoms with Gasteiger partial charge in [-0.15, -0.1) is 0 Å². The van der Waals surface area contributed by atoms with Gasteiger partial charge < -0.3 is 33.6 Å². The van der Waals surface area contributed by atoms with Crippen LogP contribution in [0.4, 0.5) is 0 Å². The molecule has 5 fully saturated rings. The third-order valence-corrected chi connectivity index (χ3v) is 11.3. The van der Waals surface area contributed by atoms with Gasteiger partial charge in [-0.05, 0) is 18.9 Å². The first kappa shape index (κ1) is 31.4. The van der Waals surface area contributed by atoms with E-state index in [1.807, 2.05) is 13.8 Å². The molecule has 0 radical (unpaired) electrons. The summed E-state index contributed by atoms with van der Waals surface area (Å²) in [6, 6.07) is 1.67. The van der Waals surface area contributed by atoms with Crippen molar-refractivity contribution in [3.63, 3.8) is 0 Å². The first-order valence-corrected chi connectivity index (χ1v) is 14.8. The van der Waals surface area contributed by atoms with Crippen LogP contribution in [0.15, 0.2) is 35.2 Å². The van der Waals surface area contributed by atoms with Crippen LogP contribution in [0, 0.1) is 34.0 Å². The Balaban J connectivity index is 1.79. The monoisotopic (exact) mass is 602 g/mol. The highest BCUT2D eigenvalue weighted by Crippen LogP contribution is 2.71. The van der Waals surface area contributed by atoms with E-state index in [0.29, 0.717) is 12.0 Å². The molecule has 0 aromatic carbocycles. The molecule has 1 spiro atoms. The minimum atomic E-state index is -1.77. The van der Waals surface area contributed by atoms with Crippen LogP contribution in [-0.2, 0) is 38.1 Å². The molecule has 3 aliphatic heterocycles. The van der Waals surface area contributed by atoms with Crippen molar-refractivity contribution in [2.24, 2.45) is 34.0 Å². The minimum absolute atomic E-state index is 0.0534. The third kappa shape index (κ3) is 4.10. The Morgan fingerprint density at radius 2 is 1.86 bits per heavy atom. The van der Waals surface area contributed by atoms with Gasteiger partial charge >= 0.3 is 17.9 Å². The van der Waals surface area contributed by atoms with Gasteiger partial charge in [0.2, 0.25) is 0 Å². The summed E-state index contributed by atoms with van der Waals surface area (Å²) in [7, 11) is 1.14. The lowest BCUT2D eigenvalue weighted by Gasteiger charge is -2.60. The van der Waals surface area contributed by atoms with Crippen LogP contribution in [-0.4, -0.2) is 71.0 Å². The van der Waals surface area contributed by atoms with E-state index in [9.17, 15) is 29.4 Å². The Hall–Kier alpha value is -3.02. The van der Waals surface area contributed by atoms with Gasteiger partial charge in [-0.3, -0.25) is 14.4 Å². The number of ether oxygens (including phenoxy) is 4. The zero-order valence-corrected chi connectivity index (χ0v) is 25.7. The minimum Gasteiger partial charge on any atom is -0.472 e. The van der Waals surface area contributed by atoms with Gasteiger partial charge in [0.1, 0.15) is 17.8 Å². The average molecular weight is 603 g/mol. The number of Topliss-reactive ketones (excluding diaryl/α,β-unsaturated/α-hetero) is 1. The fraction of sp³-hybridized carbons (Fsp3) is 0.688. The zero-order chi connectivity index (χ0) is 31.9. The van der Waals surface area contributed by atoms with Gasteiger partial charge in [0, 0.05) is 39.2 Å². The largest absolute Gasteiger partial charge is 0.472 e. The molecule has 6 rings (SSSR count). The summed E-state index contributed by atoms with van der Waals surface area (Å²) in [5, 5.41) is 23.5. The molecule has 2 aliphatic carbocycles. The molecular weight excluding hydrogens is 560 g/mol. The van der Waals surface area contributed by atoms with Crippen molar-refractivity contribution in [1.29, 1.82) is 0 Å². The third-order valence-electron chi connectivity index (χ3n) is 11.3. The number of esters is 3. The van der Waals surface area contributed by atoms with Crippen molar-refractivity contribution < 1.29 is 52.8 Å². The van der Waals surface area contributed by atoms with Crippen molar-refractivity contribution in [1.82, 2.24) is 0 Å². The Bertz CT molecular complexity index is 1330. The molecule has 236 valence electrons. The van der Waals surface area contributed by atoms with Gasteiger partial charge in [0.05, 0.1) is 38.1 Å². The number of carbonyl (C=O) groups excluding carboxylic acids is 4. The number of methoxy groups -OCH3 is 1. The number of aliphatic hydroxyl groups is 2. The molecule has 2 saturated carbocycles. The second-order valence-electron chi connectivity index (χ2n) is 13.8.